The molecule has 0 fully saturated rings. The van der Waals surface area contributed by atoms with Crippen molar-refractivity contribution >= 4 is 79.5 Å². The van der Waals surface area contributed by atoms with Gasteiger partial charge in [0.15, 0.2) is 0 Å². The Bertz CT molecular complexity index is 1960. The summed E-state index contributed by atoms with van der Waals surface area (Å²) in [4.78, 5) is -0.170. The van der Waals surface area contributed by atoms with E-state index >= 15 is 0 Å². The van der Waals surface area contributed by atoms with Gasteiger partial charge >= 0.3 is 37.7 Å². The normalized spacial score (nSPS) is 11.8. The maximum absolute atomic E-state index is 11.8. The molecule has 0 saturated carbocycles. The molecular weight excluding hydrogens is 873 g/mol. The van der Waals surface area contributed by atoms with Crippen molar-refractivity contribution in [3.63, 3.8) is 0 Å². The molecule has 0 aromatic heterocycles. The zero-order chi connectivity index (χ0) is 46.5. The molecule has 360 valence electrons. The summed E-state index contributed by atoms with van der Waals surface area (Å²) in [5, 5.41) is 3.08. The fourth-order valence-electron chi connectivity index (χ4n) is 9.16. The molecule has 4 rings (SSSR count). The summed E-state index contributed by atoms with van der Waals surface area (Å²) in [7, 11) is -8.96. The minimum Gasteiger partial charge on any atom is -0.744 e. The van der Waals surface area contributed by atoms with E-state index in [1.54, 1.807) is 0 Å². The molecule has 0 aliphatic rings. The van der Waals surface area contributed by atoms with Crippen molar-refractivity contribution in [1.82, 2.24) is 0 Å². The first-order valence-electron chi connectivity index (χ1n) is 25.9. The van der Waals surface area contributed by atoms with Crippen LogP contribution in [0.3, 0.4) is 0 Å². The zero-order valence-corrected chi connectivity index (χ0v) is 45.2. The first-order valence-corrected chi connectivity index (χ1v) is 28.8. The second-order valence-corrected chi connectivity index (χ2v) is 21.3. The predicted octanol–water partition coefficient (Wildman–Crippen LogP) is 16.3. The van der Waals surface area contributed by atoms with Crippen molar-refractivity contribution in [2.45, 2.75) is 243 Å². The predicted molar refractivity (Wildman–Crippen MR) is 276 cm³/mol. The molecule has 0 aliphatic heterocycles. The molecule has 0 radical (unpaired) electrons. The molecule has 0 N–H and O–H groups in total. The van der Waals surface area contributed by atoms with Crippen LogP contribution in [0.15, 0.2) is 70.5 Å². The molecule has 0 atom stereocenters. The smallest absolute Gasteiger partial charge is 0.744 e. The summed E-state index contributed by atoms with van der Waals surface area (Å²) in [6.45, 7) is 8.95. The van der Waals surface area contributed by atoms with Crippen LogP contribution in [0.4, 0.5) is 0 Å². The largest absolute Gasteiger partial charge is 2.00 e. The van der Waals surface area contributed by atoms with Crippen LogP contribution < -0.4 is 0 Å². The van der Waals surface area contributed by atoms with E-state index in [2.05, 4.69) is 39.8 Å². The Morgan fingerprint density at radius 1 is 0.323 bits per heavy atom. The molecule has 4 aromatic rings. The molecule has 6 nitrogen and oxygen atoms in total. The minimum atomic E-state index is -4.48. The summed E-state index contributed by atoms with van der Waals surface area (Å²) in [6.07, 6.45) is 39.3. The van der Waals surface area contributed by atoms with Crippen molar-refractivity contribution in [2.75, 3.05) is 0 Å². The van der Waals surface area contributed by atoms with Gasteiger partial charge in [-0.25, -0.2) is 16.8 Å². The van der Waals surface area contributed by atoms with Crippen LogP contribution in [0, 0.1) is 0 Å². The van der Waals surface area contributed by atoms with Gasteiger partial charge < -0.3 is 9.11 Å². The van der Waals surface area contributed by atoms with Crippen LogP contribution in [0.1, 0.15) is 230 Å². The third-order valence-electron chi connectivity index (χ3n) is 13.0. The van der Waals surface area contributed by atoms with Crippen LogP contribution >= 0.6 is 0 Å². The molecule has 0 saturated heterocycles. The zero-order valence-electron chi connectivity index (χ0n) is 41.4. The standard InChI is InChI=1S/2C28H44O3S.Ca/c2*1-3-5-7-9-11-13-15-17-24-19-21-26-27(23-24)25(20-22-28(26)32(29,30)31)18-16-14-12-10-8-6-4-2;/h2*19-23H,3-18H2,1-2H3,(H,29,30,31);/q;;+2/p-2. The number of aryl methyl sites for hydroxylation is 4. The van der Waals surface area contributed by atoms with E-state index in [0.717, 1.165) is 62.1 Å². The number of fused-ring (bicyclic) bond motifs is 2. The molecule has 4 aromatic carbocycles. The summed E-state index contributed by atoms with van der Waals surface area (Å²) in [5.41, 5.74) is 4.82. The van der Waals surface area contributed by atoms with E-state index in [0.29, 0.717) is 10.8 Å². The van der Waals surface area contributed by atoms with Gasteiger partial charge in [-0.3, -0.25) is 0 Å². The Labute approximate surface area is 427 Å². The van der Waals surface area contributed by atoms with E-state index in [-0.39, 0.29) is 47.5 Å². The van der Waals surface area contributed by atoms with Gasteiger partial charge in [0, 0.05) is 0 Å². The Morgan fingerprint density at radius 3 is 0.862 bits per heavy atom. The van der Waals surface area contributed by atoms with Gasteiger partial charge in [-0.2, -0.15) is 0 Å². The maximum Gasteiger partial charge on any atom is 2.00 e. The summed E-state index contributed by atoms with van der Waals surface area (Å²) < 4.78 is 70.8. The molecule has 0 aliphatic carbocycles. The maximum atomic E-state index is 11.8. The second kappa shape index (κ2) is 34.7. The first kappa shape index (κ1) is 59.6. The average molecular weight is 960 g/mol. The Balaban J connectivity index is 0.000000440. The number of unbranched alkanes of at least 4 members (excludes halogenated alkanes) is 24. The molecule has 65 heavy (non-hydrogen) atoms. The molecule has 9 heteroatoms. The molecule has 0 heterocycles. The van der Waals surface area contributed by atoms with Gasteiger partial charge in [-0.15, -0.1) is 0 Å². The van der Waals surface area contributed by atoms with Crippen molar-refractivity contribution < 1.29 is 25.9 Å². The molecular formula is C56H86CaO6S2. The van der Waals surface area contributed by atoms with Gasteiger partial charge in [0.25, 0.3) is 0 Å². The third kappa shape index (κ3) is 23.6. The number of rotatable bonds is 34. The quantitative estimate of drug-likeness (QED) is 0.0262. The minimum absolute atomic E-state index is 0. The fraction of sp³-hybridized carbons (Fsp3) is 0.643. The van der Waals surface area contributed by atoms with E-state index in [9.17, 15) is 25.9 Å². The van der Waals surface area contributed by atoms with Gasteiger partial charge in [0.1, 0.15) is 20.2 Å². The van der Waals surface area contributed by atoms with Crippen LogP contribution in [0.5, 0.6) is 0 Å². The van der Waals surface area contributed by atoms with Gasteiger partial charge in [0.05, 0.1) is 9.79 Å². The van der Waals surface area contributed by atoms with Gasteiger partial charge in [0.2, 0.25) is 0 Å². The SMILES string of the molecule is CCCCCCCCCc1ccc2c(S(=O)(=O)[O-])ccc(CCCCCCCCC)c2c1.CCCCCCCCCc1ccc2c(S(=O)(=O)[O-])ccc(CCCCCCCCC)c2c1.[Ca+2]. The van der Waals surface area contributed by atoms with Crippen molar-refractivity contribution in [2.24, 2.45) is 0 Å². The van der Waals surface area contributed by atoms with Gasteiger partial charge in [-0.05, 0) is 107 Å². The van der Waals surface area contributed by atoms with Crippen LogP contribution in [0.2, 0.25) is 0 Å². The summed E-state index contributed by atoms with van der Waals surface area (Å²) in [5.74, 6) is 0. The molecule has 0 bridgehead atoms. The van der Waals surface area contributed by atoms with Gasteiger partial charge in [-0.1, -0.05) is 230 Å². The van der Waals surface area contributed by atoms with E-state index in [1.807, 2.05) is 36.4 Å². The molecule has 0 amide bonds. The monoisotopic (exact) mass is 959 g/mol. The van der Waals surface area contributed by atoms with Crippen molar-refractivity contribution in [1.29, 1.82) is 0 Å². The Kier molecular flexibility index (Phi) is 31.8. The van der Waals surface area contributed by atoms with Crippen molar-refractivity contribution in [3.05, 3.63) is 82.9 Å². The third-order valence-corrected chi connectivity index (χ3v) is 14.8. The number of benzene rings is 4. The van der Waals surface area contributed by atoms with Crippen LogP contribution in [0.25, 0.3) is 21.5 Å². The topological polar surface area (TPSA) is 114 Å². The first-order chi connectivity index (χ1) is 30.9. The van der Waals surface area contributed by atoms with Crippen LogP contribution in [-0.2, 0) is 45.9 Å². The Hall–Kier alpha value is -1.52. The van der Waals surface area contributed by atoms with E-state index in [1.165, 1.54) is 188 Å². The van der Waals surface area contributed by atoms with E-state index < -0.39 is 20.2 Å². The number of hydrogen-bond donors (Lipinski definition) is 0. The Morgan fingerprint density at radius 2 is 0.585 bits per heavy atom. The second-order valence-electron chi connectivity index (χ2n) is 18.6. The summed E-state index contributed by atoms with van der Waals surface area (Å²) in [6, 6.07) is 18.7. The average Bonchev–Trinajstić information content (AvgIpc) is 3.27. The molecule has 0 spiro atoms. The number of hydrogen-bond acceptors (Lipinski definition) is 6. The van der Waals surface area contributed by atoms with Crippen LogP contribution in [-0.4, -0.2) is 63.7 Å². The fourth-order valence-corrected chi connectivity index (χ4v) is 10.5. The van der Waals surface area contributed by atoms with Crippen molar-refractivity contribution in [3.8, 4) is 0 Å². The summed E-state index contributed by atoms with van der Waals surface area (Å²) >= 11 is 0. The van der Waals surface area contributed by atoms with E-state index in [4.69, 9.17) is 0 Å². The molecule has 0 unspecified atom stereocenters.